The summed E-state index contributed by atoms with van der Waals surface area (Å²) in [6.07, 6.45) is 4.89. The number of fused-ring (bicyclic) bond motifs is 2. The summed E-state index contributed by atoms with van der Waals surface area (Å²) in [6, 6.07) is 0.358. The topological polar surface area (TPSA) is 63.6 Å². The highest BCUT2D eigenvalue weighted by molar-refractivity contribution is 5.77. The number of rotatable bonds is 0. The SMILES string of the molecule is O=C1CCC[C@@H]2[C@H]3C[C@H](O)C[N@+]4([O-])CCC[C@@H](CN12)[C@@H]34. The van der Waals surface area contributed by atoms with E-state index in [2.05, 4.69) is 4.90 Å². The van der Waals surface area contributed by atoms with E-state index in [9.17, 15) is 15.1 Å². The minimum atomic E-state index is -0.482. The number of aliphatic hydroxyl groups is 1. The molecule has 5 heteroatoms. The van der Waals surface area contributed by atoms with Gasteiger partial charge in [-0.2, -0.15) is 0 Å². The fourth-order valence-electron chi connectivity index (χ4n) is 5.59. The first kappa shape index (κ1) is 13.0. The van der Waals surface area contributed by atoms with Crippen LogP contribution in [-0.2, 0) is 4.79 Å². The first-order valence-electron chi connectivity index (χ1n) is 8.14. The number of hydrogen-bond acceptors (Lipinski definition) is 3. The number of nitrogens with zero attached hydrogens (tertiary/aromatic N) is 2. The molecule has 4 rings (SSSR count). The van der Waals surface area contributed by atoms with E-state index >= 15 is 0 Å². The van der Waals surface area contributed by atoms with E-state index in [-0.39, 0.29) is 28.6 Å². The van der Waals surface area contributed by atoms with Gasteiger partial charge in [-0.05, 0) is 32.1 Å². The van der Waals surface area contributed by atoms with Gasteiger partial charge in [0.15, 0.2) is 0 Å². The Bertz CT molecular complexity index is 429. The number of carbonyl (C=O) groups excluding carboxylic acids is 1. The first-order valence-corrected chi connectivity index (χ1v) is 8.14. The smallest absolute Gasteiger partial charge is 0.222 e. The maximum absolute atomic E-state index is 13.2. The molecule has 1 amide bonds. The van der Waals surface area contributed by atoms with Gasteiger partial charge >= 0.3 is 0 Å². The van der Waals surface area contributed by atoms with Crippen molar-refractivity contribution in [1.29, 1.82) is 0 Å². The van der Waals surface area contributed by atoms with Gasteiger partial charge in [0.05, 0.1) is 12.6 Å². The Kier molecular flexibility index (Phi) is 2.88. The molecule has 4 fully saturated rings. The number of hydroxylamine groups is 3. The average molecular weight is 280 g/mol. The Morgan fingerprint density at radius 3 is 3.00 bits per heavy atom. The average Bonchev–Trinajstić information content (AvgIpc) is 2.39. The zero-order valence-electron chi connectivity index (χ0n) is 11.9. The molecule has 112 valence electrons. The Morgan fingerprint density at radius 2 is 2.15 bits per heavy atom. The standard InChI is InChI=1S/C15H24N2O3/c18-11-7-12-13-4-1-5-14(19)16(13)8-10-3-2-6-17(20,9-11)15(10)12/h10-13,15,18H,1-9H2/t10-,11-,12+,13+,15-,17+/m0/s1. The lowest BCUT2D eigenvalue weighted by molar-refractivity contribution is -0.929. The van der Waals surface area contributed by atoms with Crippen molar-refractivity contribution in [2.24, 2.45) is 11.8 Å². The second kappa shape index (κ2) is 4.42. The van der Waals surface area contributed by atoms with Crippen molar-refractivity contribution in [2.45, 2.75) is 56.7 Å². The minimum absolute atomic E-state index is 0.138. The molecular formula is C15H24N2O3. The molecule has 0 spiro atoms. The quantitative estimate of drug-likeness (QED) is 0.528. The molecule has 0 aliphatic carbocycles. The van der Waals surface area contributed by atoms with E-state index in [4.69, 9.17) is 0 Å². The van der Waals surface area contributed by atoms with Crippen LogP contribution >= 0.6 is 0 Å². The largest absolute Gasteiger partial charge is 0.633 e. The molecule has 4 aliphatic heterocycles. The fraction of sp³-hybridized carbons (Fsp3) is 0.933. The zero-order chi connectivity index (χ0) is 13.9. The lowest BCUT2D eigenvalue weighted by Crippen LogP contribution is -2.73. The van der Waals surface area contributed by atoms with E-state index in [1.165, 1.54) is 0 Å². The summed E-state index contributed by atoms with van der Waals surface area (Å²) in [7, 11) is 0. The summed E-state index contributed by atoms with van der Waals surface area (Å²) in [4.78, 5) is 14.3. The zero-order valence-corrected chi connectivity index (χ0v) is 11.9. The van der Waals surface area contributed by atoms with Gasteiger partial charge in [0.25, 0.3) is 0 Å². The molecule has 4 heterocycles. The number of piperidine rings is 4. The number of carbonyl (C=O) groups is 1. The van der Waals surface area contributed by atoms with Gasteiger partial charge in [0, 0.05) is 30.8 Å². The second-order valence-electron chi connectivity index (χ2n) is 7.31. The van der Waals surface area contributed by atoms with Gasteiger partial charge in [0.1, 0.15) is 12.6 Å². The lowest BCUT2D eigenvalue weighted by Gasteiger charge is -2.65. The molecule has 0 aromatic carbocycles. The van der Waals surface area contributed by atoms with Crippen molar-refractivity contribution in [1.82, 2.24) is 4.90 Å². The number of amides is 1. The summed E-state index contributed by atoms with van der Waals surface area (Å²) < 4.78 is -0.185. The van der Waals surface area contributed by atoms with E-state index in [0.717, 1.165) is 38.6 Å². The van der Waals surface area contributed by atoms with E-state index < -0.39 is 6.10 Å². The van der Waals surface area contributed by atoms with Crippen molar-refractivity contribution in [3.8, 4) is 0 Å². The maximum atomic E-state index is 13.2. The van der Waals surface area contributed by atoms with Crippen molar-refractivity contribution < 1.29 is 14.5 Å². The molecule has 0 radical (unpaired) electrons. The summed E-state index contributed by atoms with van der Waals surface area (Å²) in [5.41, 5.74) is 0. The third-order valence-electron chi connectivity index (χ3n) is 6.18. The van der Waals surface area contributed by atoms with Crippen LogP contribution in [0.4, 0.5) is 0 Å². The van der Waals surface area contributed by atoms with Gasteiger partial charge in [0.2, 0.25) is 5.91 Å². The minimum Gasteiger partial charge on any atom is -0.633 e. The molecule has 0 unspecified atom stereocenters. The molecule has 5 nitrogen and oxygen atoms in total. The first-order chi connectivity index (χ1) is 9.58. The molecular weight excluding hydrogens is 256 g/mol. The van der Waals surface area contributed by atoms with Crippen LogP contribution in [0.5, 0.6) is 0 Å². The Balaban J connectivity index is 1.71. The van der Waals surface area contributed by atoms with Crippen LogP contribution in [-0.4, -0.2) is 58.4 Å². The summed E-state index contributed by atoms with van der Waals surface area (Å²) in [6.45, 7) is 1.83. The van der Waals surface area contributed by atoms with Crippen LogP contribution in [0, 0.1) is 17.0 Å². The van der Waals surface area contributed by atoms with Gasteiger partial charge < -0.3 is 19.9 Å². The van der Waals surface area contributed by atoms with E-state index in [1.807, 2.05) is 0 Å². The number of aliphatic hydroxyl groups excluding tert-OH is 1. The fourth-order valence-corrected chi connectivity index (χ4v) is 5.59. The maximum Gasteiger partial charge on any atom is 0.222 e. The molecule has 4 saturated heterocycles. The summed E-state index contributed by atoms with van der Waals surface area (Å²) in [5.74, 6) is 0.853. The number of hydrogen-bond donors (Lipinski definition) is 1. The highest BCUT2D eigenvalue weighted by Crippen LogP contribution is 2.47. The van der Waals surface area contributed by atoms with Crippen molar-refractivity contribution in [3.63, 3.8) is 0 Å². The Hall–Kier alpha value is -0.650. The van der Waals surface area contributed by atoms with Gasteiger partial charge in [-0.25, -0.2) is 0 Å². The van der Waals surface area contributed by atoms with Gasteiger partial charge in [-0.1, -0.05) is 0 Å². The predicted octanol–water partition coefficient (Wildman–Crippen LogP) is 0.855. The summed E-state index contributed by atoms with van der Waals surface area (Å²) in [5, 5.41) is 23.3. The molecule has 20 heavy (non-hydrogen) atoms. The van der Waals surface area contributed by atoms with Crippen molar-refractivity contribution in [2.75, 3.05) is 19.6 Å². The predicted molar refractivity (Wildman–Crippen MR) is 73.3 cm³/mol. The normalized spacial score (nSPS) is 51.4. The van der Waals surface area contributed by atoms with Crippen LogP contribution in [0.1, 0.15) is 38.5 Å². The summed E-state index contributed by atoms with van der Waals surface area (Å²) >= 11 is 0. The Labute approximate surface area is 119 Å². The Morgan fingerprint density at radius 1 is 1.30 bits per heavy atom. The lowest BCUT2D eigenvalue weighted by atomic mass is 9.67. The van der Waals surface area contributed by atoms with Crippen molar-refractivity contribution in [3.05, 3.63) is 5.21 Å². The van der Waals surface area contributed by atoms with Crippen LogP contribution in [0.15, 0.2) is 0 Å². The molecule has 0 bridgehead atoms. The van der Waals surface area contributed by atoms with Crippen LogP contribution < -0.4 is 0 Å². The third-order valence-corrected chi connectivity index (χ3v) is 6.18. The molecule has 0 aromatic rings. The van der Waals surface area contributed by atoms with Crippen LogP contribution in [0.25, 0.3) is 0 Å². The highest BCUT2D eigenvalue weighted by atomic mass is 16.6. The van der Waals surface area contributed by atoms with Gasteiger partial charge in [-0.3, -0.25) is 4.79 Å². The second-order valence-corrected chi connectivity index (χ2v) is 7.31. The highest BCUT2D eigenvalue weighted by Gasteiger charge is 2.56. The molecule has 0 saturated carbocycles. The molecule has 0 aromatic heterocycles. The van der Waals surface area contributed by atoms with Crippen molar-refractivity contribution >= 4 is 5.91 Å². The third kappa shape index (κ3) is 1.76. The molecule has 1 N–H and O–H groups in total. The molecule has 6 atom stereocenters. The van der Waals surface area contributed by atoms with Crippen LogP contribution in [0.2, 0.25) is 0 Å². The van der Waals surface area contributed by atoms with Crippen LogP contribution in [0.3, 0.4) is 0 Å². The van der Waals surface area contributed by atoms with Gasteiger partial charge in [-0.15, -0.1) is 0 Å². The van der Waals surface area contributed by atoms with E-state index in [0.29, 0.717) is 25.4 Å². The number of quaternary nitrogens is 1. The van der Waals surface area contributed by atoms with E-state index in [1.54, 1.807) is 0 Å². The molecule has 4 aliphatic rings. The monoisotopic (exact) mass is 280 g/mol.